The van der Waals surface area contributed by atoms with E-state index in [0.717, 1.165) is 0 Å². The number of esters is 1. The highest BCUT2D eigenvalue weighted by Gasteiger charge is 2.06. The van der Waals surface area contributed by atoms with Crippen LogP contribution in [0.5, 0.6) is 0 Å². The second-order valence-electron chi connectivity index (χ2n) is 3.41. The summed E-state index contributed by atoms with van der Waals surface area (Å²) < 4.78 is 4.50. The number of benzene rings is 1. The van der Waals surface area contributed by atoms with Gasteiger partial charge in [-0.05, 0) is 12.1 Å². The second-order valence-corrected chi connectivity index (χ2v) is 4.92. The van der Waals surface area contributed by atoms with E-state index < -0.39 is 0 Å². The number of carbonyl (C=O) groups excluding carboxylic acids is 2. The lowest BCUT2D eigenvalue weighted by molar-refractivity contribution is -0.140. The standard InChI is InChI=1S/C12H14ClNO3S/c1-17-12(16)6-7-18-8-11(15)14-10-5-3-2-4-9(10)13/h2-5H,6-8H2,1H3,(H,14,15). The molecular formula is C12H14ClNO3S. The predicted octanol–water partition coefficient (Wildman–Crippen LogP) is 2.57. The number of halogens is 1. The molecule has 0 unspecified atom stereocenters. The number of para-hydroxylation sites is 1. The Morgan fingerprint density at radius 3 is 2.78 bits per heavy atom. The van der Waals surface area contributed by atoms with Crippen molar-refractivity contribution in [2.45, 2.75) is 6.42 Å². The molecule has 1 N–H and O–H groups in total. The number of hydrogen-bond acceptors (Lipinski definition) is 4. The maximum Gasteiger partial charge on any atom is 0.306 e. The van der Waals surface area contributed by atoms with Gasteiger partial charge in [0.15, 0.2) is 0 Å². The zero-order chi connectivity index (χ0) is 13.4. The number of nitrogens with one attached hydrogen (secondary N) is 1. The second kappa shape index (κ2) is 8.00. The summed E-state index contributed by atoms with van der Waals surface area (Å²) >= 11 is 7.28. The number of rotatable bonds is 6. The Morgan fingerprint density at radius 1 is 1.39 bits per heavy atom. The summed E-state index contributed by atoms with van der Waals surface area (Å²) in [5.41, 5.74) is 0.595. The average molecular weight is 288 g/mol. The molecule has 0 aliphatic rings. The summed E-state index contributed by atoms with van der Waals surface area (Å²) in [7, 11) is 1.34. The van der Waals surface area contributed by atoms with Gasteiger partial charge < -0.3 is 10.1 Å². The summed E-state index contributed by atoms with van der Waals surface area (Å²) in [5.74, 6) is 0.428. The minimum absolute atomic E-state index is 0.141. The van der Waals surface area contributed by atoms with Crippen LogP contribution in [0.4, 0.5) is 5.69 Å². The maximum absolute atomic E-state index is 11.6. The highest BCUT2D eigenvalue weighted by atomic mass is 35.5. The molecule has 0 saturated heterocycles. The van der Waals surface area contributed by atoms with Gasteiger partial charge >= 0.3 is 5.97 Å². The smallest absolute Gasteiger partial charge is 0.306 e. The zero-order valence-corrected chi connectivity index (χ0v) is 11.5. The summed E-state index contributed by atoms with van der Waals surface area (Å²) in [6.07, 6.45) is 0.306. The van der Waals surface area contributed by atoms with Crippen molar-refractivity contribution >= 4 is 40.9 Å². The Labute approximate surface area is 115 Å². The van der Waals surface area contributed by atoms with Crippen LogP contribution in [-0.2, 0) is 14.3 Å². The zero-order valence-electron chi connectivity index (χ0n) is 9.94. The van der Waals surface area contributed by atoms with Crippen LogP contribution in [0.15, 0.2) is 24.3 Å². The normalized spacial score (nSPS) is 9.89. The van der Waals surface area contributed by atoms with Crippen LogP contribution >= 0.6 is 23.4 Å². The third-order valence-corrected chi connectivity index (χ3v) is 3.35. The van der Waals surface area contributed by atoms with Crippen molar-refractivity contribution in [1.82, 2.24) is 0 Å². The van der Waals surface area contributed by atoms with Gasteiger partial charge in [-0.2, -0.15) is 11.8 Å². The number of amides is 1. The maximum atomic E-state index is 11.6. The van der Waals surface area contributed by atoms with Crippen LogP contribution in [0.25, 0.3) is 0 Å². The number of thioether (sulfide) groups is 1. The fourth-order valence-corrected chi connectivity index (χ4v) is 2.07. The molecule has 1 aromatic rings. The van der Waals surface area contributed by atoms with E-state index in [9.17, 15) is 9.59 Å². The van der Waals surface area contributed by atoms with Crippen LogP contribution in [0, 0.1) is 0 Å². The van der Waals surface area contributed by atoms with Crippen LogP contribution in [0.2, 0.25) is 5.02 Å². The highest BCUT2D eigenvalue weighted by molar-refractivity contribution is 7.99. The van der Waals surface area contributed by atoms with E-state index in [1.54, 1.807) is 24.3 Å². The first-order chi connectivity index (χ1) is 8.63. The van der Waals surface area contributed by atoms with Crippen molar-refractivity contribution in [2.75, 3.05) is 23.9 Å². The third kappa shape index (κ3) is 5.42. The lowest BCUT2D eigenvalue weighted by Gasteiger charge is -2.06. The molecule has 0 heterocycles. The Hall–Kier alpha value is -1.20. The quantitative estimate of drug-likeness (QED) is 0.645. The van der Waals surface area contributed by atoms with E-state index in [1.807, 2.05) is 0 Å². The van der Waals surface area contributed by atoms with Gasteiger partial charge in [0.2, 0.25) is 5.91 Å². The van der Waals surface area contributed by atoms with Crippen LogP contribution in [0.1, 0.15) is 6.42 Å². The topological polar surface area (TPSA) is 55.4 Å². The van der Waals surface area contributed by atoms with Crippen molar-refractivity contribution in [3.05, 3.63) is 29.3 Å². The van der Waals surface area contributed by atoms with Gasteiger partial charge in [-0.25, -0.2) is 0 Å². The van der Waals surface area contributed by atoms with Gasteiger partial charge in [-0.3, -0.25) is 9.59 Å². The van der Waals surface area contributed by atoms with Gasteiger partial charge in [0.05, 0.1) is 30.0 Å². The SMILES string of the molecule is COC(=O)CCSCC(=O)Nc1ccccc1Cl. The van der Waals surface area contributed by atoms with Crippen LogP contribution < -0.4 is 5.32 Å². The summed E-state index contributed by atoms with van der Waals surface area (Å²) in [6.45, 7) is 0. The molecule has 0 aliphatic heterocycles. The first-order valence-electron chi connectivity index (χ1n) is 5.32. The molecular weight excluding hydrogens is 274 g/mol. The van der Waals surface area contributed by atoms with Crippen molar-refractivity contribution in [1.29, 1.82) is 0 Å². The fourth-order valence-electron chi connectivity index (χ4n) is 1.17. The molecule has 0 fully saturated rings. The molecule has 1 aromatic carbocycles. The molecule has 0 radical (unpaired) electrons. The van der Waals surface area contributed by atoms with Gasteiger partial charge in [0, 0.05) is 5.75 Å². The number of hydrogen-bond donors (Lipinski definition) is 1. The Kier molecular flexibility index (Phi) is 6.60. The van der Waals surface area contributed by atoms with E-state index in [1.165, 1.54) is 18.9 Å². The van der Waals surface area contributed by atoms with E-state index in [-0.39, 0.29) is 17.6 Å². The Morgan fingerprint density at radius 2 is 2.11 bits per heavy atom. The van der Waals surface area contributed by atoms with E-state index >= 15 is 0 Å². The summed E-state index contributed by atoms with van der Waals surface area (Å²) in [4.78, 5) is 22.4. The molecule has 1 amide bonds. The average Bonchev–Trinajstić information content (AvgIpc) is 2.37. The number of carbonyl (C=O) groups is 2. The van der Waals surface area contributed by atoms with Crippen molar-refractivity contribution in [2.24, 2.45) is 0 Å². The van der Waals surface area contributed by atoms with Crippen LogP contribution in [0.3, 0.4) is 0 Å². The molecule has 1 rings (SSSR count). The predicted molar refractivity (Wildman–Crippen MR) is 74.0 cm³/mol. The van der Waals surface area contributed by atoms with E-state index in [2.05, 4.69) is 10.1 Å². The molecule has 0 saturated carbocycles. The molecule has 0 aromatic heterocycles. The van der Waals surface area contributed by atoms with Crippen LogP contribution in [-0.4, -0.2) is 30.5 Å². The summed E-state index contributed by atoms with van der Waals surface area (Å²) in [6, 6.07) is 7.04. The minimum atomic E-state index is -0.269. The van der Waals surface area contributed by atoms with Gasteiger partial charge in [-0.15, -0.1) is 0 Å². The molecule has 6 heteroatoms. The van der Waals surface area contributed by atoms with E-state index in [4.69, 9.17) is 11.6 Å². The Bertz CT molecular complexity index is 426. The number of anilines is 1. The molecule has 0 spiro atoms. The lowest BCUT2D eigenvalue weighted by Crippen LogP contribution is -2.15. The molecule has 98 valence electrons. The lowest BCUT2D eigenvalue weighted by atomic mass is 10.3. The monoisotopic (exact) mass is 287 g/mol. The first-order valence-corrected chi connectivity index (χ1v) is 6.85. The molecule has 4 nitrogen and oxygen atoms in total. The highest BCUT2D eigenvalue weighted by Crippen LogP contribution is 2.20. The fraction of sp³-hybridized carbons (Fsp3) is 0.333. The number of ether oxygens (including phenoxy) is 1. The third-order valence-electron chi connectivity index (χ3n) is 2.06. The summed E-state index contributed by atoms with van der Waals surface area (Å²) in [5, 5.41) is 3.21. The minimum Gasteiger partial charge on any atom is -0.469 e. The molecule has 0 atom stereocenters. The molecule has 0 bridgehead atoms. The Balaban J connectivity index is 2.26. The van der Waals surface area contributed by atoms with E-state index in [0.29, 0.717) is 22.9 Å². The largest absolute Gasteiger partial charge is 0.469 e. The first kappa shape index (κ1) is 14.9. The molecule has 18 heavy (non-hydrogen) atoms. The van der Waals surface area contributed by atoms with Crippen molar-refractivity contribution < 1.29 is 14.3 Å². The molecule has 0 aliphatic carbocycles. The van der Waals surface area contributed by atoms with Crippen molar-refractivity contribution in [3.8, 4) is 0 Å². The van der Waals surface area contributed by atoms with Gasteiger partial charge in [-0.1, -0.05) is 23.7 Å². The van der Waals surface area contributed by atoms with Crippen molar-refractivity contribution in [3.63, 3.8) is 0 Å². The van der Waals surface area contributed by atoms with Gasteiger partial charge in [0.1, 0.15) is 0 Å². The number of methoxy groups -OCH3 is 1. The van der Waals surface area contributed by atoms with Gasteiger partial charge in [0.25, 0.3) is 0 Å².